The lowest BCUT2D eigenvalue weighted by Gasteiger charge is -1.93. The van der Waals surface area contributed by atoms with Gasteiger partial charge in [0.25, 0.3) is 0 Å². The fraction of sp³-hybridized carbons (Fsp3) is 0.143. The van der Waals surface area contributed by atoms with Crippen molar-refractivity contribution in [1.29, 1.82) is 0 Å². The van der Waals surface area contributed by atoms with Gasteiger partial charge in [-0.15, -0.1) is 0 Å². The summed E-state index contributed by atoms with van der Waals surface area (Å²) in [5.74, 6) is 4.50. The zero-order chi connectivity index (χ0) is 11.5. The number of nitrogen functional groups attached to an aromatic ring is 1. The van der Waals surface area contributed by atoms with Crippen LogP contribution in [0.3, 0.4) is 0 Å². The molecule has 0 fully saturated rings. The summed E-state index contributed by atoms with van der Waals surface area (Å²) >= 11 is 2.14. The van der Waals surface area contributed by atoms with E-state index in [0.717, 1.165) is 3.57 Å². The number of hydrogen-bond donors (Lipinski definition) is 2. The molecule has 16 heavy (non-hydrogen) atoms. The number of nitrogens with two attached hydrogens (primary N) is 1. The van der Waals surface area contributed by atoms with Crippen LogP contribution in [0, 0.1) is 3.57 Å². The molecule has 0 bridgehead atoms. The number of halogens is 1. The zero-order valence-electron chi connectivity index (χ0n) is 7.92. The molecule has 0 aromatic carbocycles. The number of aromatic nitrogens is 4. The van der Waals surface area contributed by atoms with Crippen LogP contribution in [0.15, 0.2) is 16.9 Å². The lowest BCUT2D eigenvalue weighted by atomic mass is 10.5. The van der Waals surface area contributed by atoms with Crippen molar-refractivity contribution >= 4 is 28.5 Å². The van der Waals surface area contributed by atoms with Gasteiger partial charge in [0.05, 0.1) is 9.77 Å². The lowest BCUT2D eigenvalue weighted by Crippen LogP contribution is -2.30. The molecule has 9 heteroatoms. The Kier molecular flexibility index (Phi) is 3.14. The molecule has 0 aliphatic carbocycles. The van der Waals surface area contributed by atoms with Crippen molar-refractivity contribution in [3.8, 4) is 0 Å². The monoisotopic (exact) mass is 334 g/mol. The second-order valence-corrected chi connectivity index (χ2v) is 4.09. The topological polar surface area (TPSA) is 112 Å². The highest BCUT2D eigenvalue weighted by molar-refractivity contribution is 14.1. The number of nitrogens with one attached hydrogen (secondary N) is 1. The van der Waals surface area contributed by atoms with Gasteiger partial charge >= 0.3 is 11.8 Å². The van der Waals surface area contributed by atoms with Gasteiger partial charge in [-0.25, -0.2) is 5.84 Å². The highest BCUT2D eigenvalue weighted by atomic mass is 127. The predicted octanol–water partition coefficient (Wildman–Crippen LogP) is -0.478. The molecule has 0 aliphatic heterocycles. The van der Waals surface area contributed by atoms with E-state index in [-0.39, 0.29) is 5.89 Å². The van der Waals surface area contributed by atoms with Crippen LogP contribution in [0.4, 0.5) is 0 Å². The molecule has 2 aromatic rings. The van der Waals surface area contributed by atoms with Gasteiger partial charge in [0.2, 0.25) is 0 Å². The highest BCUT2D eigenvalue weighted by Gasteiger charge is 2.13. The van der Waals surface area contributed by atoms with E-state index in [1.54, 1.807) is 10.9 Å². The second kappa shape index (κ2) is 4.57. The normalized spacial score (nSPS) is 10.4. The molecule has 2 rings (SSSR count). The Hall–Kier alpha value is -1.49. The van der Waals surface area contributed by atoms with Crippen molar-refractivity contribution in [1.82, 2.24) is 25.3 Å². The standard InChI is InChI=1S/C7H7IN6O2/c8-4-1-10-14(2-4)3-5-11-7(16-13-5)6(15)12-9/h1-2H,3,9H2,(H,12,15). The molecule has 84 valence electrons. The van der Waals surface area contributed by atoms with Gasteiger partial charge in [0.1, 0.15) is 6.54 Å². The predicted molar refractivity (Wildman–Crippen MR) is 60.0 cm³/mol. The fourth-order valence-electron chi connectivity index (χ4n) is 1.04. The molecule has 3 N–H and O–H groups in total. The van der Waals surface area contributed by atoms with Crippen LogP contribution >= 0.6 is 22.6 Å². The van der Waals surface area contributed by atoms with Gasteiger partial charge in [-0.3, -0.25) is 14.9 Å². The molecule has 0 radical (unpaired) electrons. The average Bonchev–Trinajstić information content (AvgIpc) is 2.87. The number of hydrogen-bond acceptors (Lipinski definition) is 6. The molecule has 0 spiro atoms. The van der Waals surface area contributed by atoms with Crippen LogP contribution in [0.5, 0.6) is 0 Å². The van der Waals surface area contributed by atoms with Crippen LogP contribution in [-0.4, -0.2) is 25.8 Å². The SMILES string of the molecule is NNC(=O)c1nc(Cn2cc(I)cn2)no1. The third-order valence-corrected chi connectivity index (χ3v) is 2.26. The van der Waals surface area contributed by atoms with Crippen LogP contribution < -0.4 is 11.3 Å². The number of nitrogens with zero attached hydrogens (tertiary/aromatic N) is 4. The summed E-state index contributed by atoms with van der Waals surface area (Å²) in [5.41, 5.74) is 1.90. The maximum Gasteiger partial charge on any atom is 0.323 e. The quantitative estimate of drug-likeness (QED) is 0.339. The first-order valence-electron chi connectivity index (χ1n) is 4.20. The maximum atomic E-state index is 11.0. The van der Waals surface area contributed by atoms with Crippen molar-refractivity contribution in [3.05, 3.63) is 27.7 Å². The smallest absolute Gasteiger partial charge is 0.323 e. The summed E-state index contributed by atoms with van der Waals surface area (Å²) in [6.45, 7) is 0.338. The summed E-state index contributed by atoms with van der Waals surface area (Å²) in [7, 11) is 0. The van der Waals surface area contributed by atoms with E-state index in [2.05, 4.69) is 37.8 Å². The van der Waals surface area contributed by atoms with Crippen molar-refractivity contribution in [2.45, 2.75) is 6.54 Å². The summed E-state index contributed by atoms with van der Waals surface area (Å²) in [5, 5.41) is 7.67. The zero-order valence-corrected chi connectivity index (χ0v) is 10.1. The van der Waals surface area contributed by atoms with Crippen LogP contribution in [-0.2, 0) is 6.54 Å². The van der Waals surface area contributed by atoms with Gasteiger partial charge in [0.15, 0.2) is 5.82 Å². The van der Waals surface area contributed by atoms with Gasteiger partial charge in [-0.2, -0.15) is 10.1 Å². The molecule has 0 atom stereocenters. The van der Waals surface area contributed by atoms with Crippen molar-refractivity contribution < 1.29 is 9.32 Å². The van der Waals surface area contributed by atoms with Crippen LogP contribution in [0.25, 0.3) is 0 Å². The number of rotatable bonds is 3. The maximum absolute atomic E-state index is 11.0. The number of carbonyl (C=O) groups excluding carboxylic acids is 1. The minimum Gasteiger partial charge on any atom is -0.328 e. The van der Waals surface area contributed by atoms with E-state index in [1.165, 1.54) is 0 Å². The summed E-state index contributed by atoms with van der Waals surface area (Å²) in [6.07, 6.45) is 3.52. The number of hydrazine groups is 1. The minimum atomic E-state index is -0.617. The van der Waals surface area contributed by atoms with Gasteiger partial charge in [-0.1, -0.05) is 5.16 Å². The van der Waals surface area contributed by atoms with Crippen molar-refractivity contribution in [2.75, 3.05) is 0 Å². The molecular formula is C7H7IN6O2. The van der Waals surface area contributed by atoms with E-state index in [9.17, 15) is 4.79 Å². The molecule has 0 aliphatic rings. The summed E-state index contributed by atoms with van der Waals surface area (Å²) < 4.78 is 7.34. The third-order valence-electron chi connectivity index (χ3n) is 1.70. The first kappa shape index (κ1) is 11.0. The fourth-order valence-corrected chi connectivity index (χ4v) is 1.49. The molecule has 0 saturated carbocycles. The Morgan fingerprint density at radius 2 is 2.50 bits per heavy atom. The third kappa shape index (κ3) is 2.36. The Balaban J connectivity index is 2.11. The average molecular weight is 334 g/mol. The molecular weight excluding hydrogens is 327 g/mol. The Labute approximate surface area is 103 Å². The van der Waals surface area contributed by atoms with E-state index >= 15 is 0 Å². The van der Waals surface area contributed by atoms with Crippen molar-refractivity contribution in [3.63, 3.8) is 0 Å². The Bertz CT molecular complexity index is 506. The number of amides is 1. The first-order valence-corrected chi connectivity index (χ1v) is 5.28. The minimum absolute atomic E-state index is 0.167. The van der Waals surface area contributed by atoms with Gasteiger partial charge in [-0.05, 0) is 22.6 Å². The highest BCUT2D eigenvalue weighted by Crippen LogP contribution is 2.04. The Morgan fingerprint density at radius 3 is 3.12 bits per heavy atom. The second-order valence-electron chi connectivity index (χ2n) is 2.85. The van der Waals surface area contributed by atoms with Gasteiger partial charge < -0.3 is 4.52 Å². The van der Waals surface area contributed by atoms with Gasteiger partial charge in [0, 0.05) is 6.20 Å². The van der Waals surface area contributed by atoms with E-state index < -0.39 is 5.91 Å². The summed E-state index contributed by atoms with van der Waals surface area (Å²) in [6, 6.07) is 0. The molecule has 0 saturated heterocycles. The van der Waals surface area contributed by atoms with Crippen LogP contribution in [0.2, 0.25) is 0 Å². The number of carbonyl (C=O) groups is 1. The van der Waals surface area contributed by atoms with Crippen molar-refractivity contribution in [2.24, 2.45) is 5.84 Å². The van der Waals surface area contributed by atoms with E-state index in [4.69, 9.17) is 10.4 Å². The molecule has 2 heterocycles. The van der Waals surface area contributed by atoms with Crippen LogP contribution in [0.1, 0.15) is 16.5 Å². The molecule has 2 aromatic heterocycles. The molecule has 1 amide bonds. The first-order chi connectivity index (χ1) is 7.69. The lowest BCUT2D eigenvalue weighted by molar-refractivity contribution is 0.0910. The van der Waals surface area contributed by atoms with E-state index in [0.29, 0.717) is 12.4 Å². The summed E-state index contributed by atoms with van der Waals surface area (Å²) in [4.78, 5) is 14.9. The molecule has 8 nitrogen and oxygen atoms in total. The Morgan fingerprint density at radius 1 is 1.69 bits per heavy atom. The largest absolute Gasteiger partial charge is 0.328 e. The molecule has 0 unspecified atom stereocenters. The van der Waals surface area contributed by atoms with E-state index in [1.807, 2.05) is 11.6 Å².